The molecular formula is C22H22N6OS. The fourth-order valence-corrected chi connectivity index (χ4v) is 4.05. The highest BCUT2D eigenvalue weighted by molar-refractivity contribution is 7.99. The summed E-state index contributed by atoms with van der Waals surface area (Å²) in [6, 6.07) is 9.76. The van der Waals surface area contributed by atoms with Crippen LogP contribution >= 0.6 is 11.8 Å². The van der Waals surface area contributed by atoms with E-state index in [-0.39, 0.29) is 0 Å². The van der Waals surface area contributed by atoms with Crippen LogP contribution in [0.15, 0.2) is 59.0 Å². The number of carbonyl (C=O) groups is 1. The van der Waals surface area contributed by atoms with E-state index in [4.69, 9.17) is 4.98 Å². The van der Waals surface area contributed by atoms with E-state index in [0.29, 0.717) is 29.3 Å². The molecule has 0 saturated heterocycles. The third kappa shape index (κ3) is 4.18. The van der Waals surface area contributed by atoms with Crippen molar-refractivity contribution in [3.05, 3.63) is 65.9 Å². The molecule has 7 nitrogen and oxygen atoms in total. The summed E-state index contributed by atoms with van der Waals surface area (Å²) in [5, 5.41) is 1.37. The van der Waals surface area contributed by atoms with Crippen LogP contribution in [0.2, 0.25) is 0 Å². The monoisotopic (exact) mass is 418 g/mol. The van der Waals surface area contributed by atoms with E-state index in [1.807, 2.05) is 44.3 Å². The van der Waals surface area contributed by atoms with E-state index in [9.17, 15) is 4.79 Å². The number of hydrogen-bond donors (Lipinski definition) is 1. The Morgan fingerprint density at radius 2 is 2.07 bits per heavy atom. The number of nitrogens with zero attached hydrogens (tertiary/aromatic N) is 5. The summed E-state index contributed by atoms with van der Waals surface area (Å²) in [7, 11) is 1.98. The highest BCUT2D eigenvalue weighted by Crippen LogP contribution is 2.33. The maximum Gasteiger partial charge on any atom is 0.196 e. The summed E-state index contributed by atoms with van der Waals surface area (Å²) < 4.78 is 0. The molecule has 8 heteroatoms. The Morgan fingerprint density at radius 1 is 1.17 bits per heavy atom. The maximum atomic E-state index is 11.9. The van der Waals surface area contributed by atoms with Gasteiger partial charge in [0.2, 0.25) is 0 Å². The summed E-state index contributed by atoms with van der Waals surface area (Å²) in [6.45, 7) is 2.73. The summed E-state index contributed by atoms with van der Waals surface area (Å²) in [4.78, 5) is 36.3. The van der Waals surface area contributed by atoms with Gasteiger partial charge >= 0.3 is 0 Å². The Labute approximate surface area is 179 Å². The van der Waals surface area contributed by atoms with Gasteiger partial charge in [0.1, 0.15) is 11.5 Å². The SMILES string of the molecule is CCc1[nH]c2nc(Sc3cccnc3)nc(N(C)CCc3ccccn3)c2c1C=O. The van der Waals surface area contributed by atoms with Gasteiger partial charge in [0.25, 0.3) is 0 Å². The number of fused-ring (bicyclic) bond motifs is 1. The predicted octanol–water partition coefficient (Wildman–Crippen LogP) is 3.95. The van der Waals surface area contributed by atoms with E-state index in [2.05, 4.69) is 24.8 Å². The molecule has 0 aliphatic heterocycles. The first-order chi connectivity index (χ1) is 14.7. The fraction of sp³-hybridized carbons (Fsp3) is 0.227. The van der Waals surface area contributed by atoms with Crippen LogP contribution in [0.4, 0.5) is 5.82 Å². The zero-order chi connectivity index (χ0) is 20.9. The minimum absolute atomic E-state index is 0.608. The molecule has 0 spiro atoms. The molecular weight excluding hydrogens is 396 g/mol. The van der Waals surface area contributed by atoms with Crippen LogP contribution in [0.1, 0.15) is 28.7 Å². The molecule has 1 N–H and O–H groups in total. The molecule has 0 fully saturated rings. The third-order valence-electron chi connectivity index (χ3n) is 4.84. The van der Waals surface area contributed by atoms with Crippen molar-refractivity contribution < 1.29 is 4.79 Å². The molecule has 0 aliphatic carbocycles. The van der Waals surface area contributed by atoms with E-state index in [1.165, 1.54) is 11.8 Å². The van der Waals surface area contributed by atoms with Crippen molar-refractivity contribution in [2.75, 3.05) is 18.5 Å². The Balaban J connectivity index is 1.74. The molecule has 0 aliphatic rings. The van der Waals surface area contributed by atoms with Gasteiger partial charge in [0, 0.05) is 60.5 Å². The number of hydrogen-bond acceptors (Lipinski definition) is 7. The van der Waals surface area contributed by atoms with Gasteiger partial charge in [-0.1, -0.05) is 13.0 Å². The van der Waals surface area contributed by atoms with Gasteiger partial charge in [-0.05, 0) is 42.4 Å². The van der Waals surface area contributed by atoms with E-state index in [0.717, 1.165) is 40.2 Å². The zero-order valence-corrected chi connectivity index (χ0v) is 17.7. The van der Waals surface area contributed by atoms with Crippen molar-refractivity contribution in [1.29, 1.82) is 0 Å². The number of nitrogens with one attached hydrogen (secondary N) is 1. The second-order valence-electron chi connectivity index (χ2n) is 6.83. The second-order valence-corrected chi connectivity index (χ2v) is 7.87. The van der Waals surface area contributed by atoms with Gasteiger partial charge in [-0.15, -0.1) is 0 Å². The molecule has 4 rings (SSSR count). The van der Waals surface area contributed by atoms with Crippen LogP contribution in [0, 0.1) is 0 Å². The molecule has 0 saturated carbocycles. The molecule has 0 atom stereocenters. The number of rotatable bonds is 8. The smallest absolute Gasteiger partial charge is 0.196 e. The predicted molar refractivity (Wildman–Crippen MR) is 118 cm³/mol. The molecule has 4 heterocycles. The maximum absolute atomic E-state index is 11.9. The number of anilines is 1. The summed E-state index contributed by atoms with van der Waals surface area (Å²) in [5.74, 6) is 0.736. The summed E-state index contributed by atoms with van der Waals surface area (Å²) in [6.07, 6.45) is 7.70. The fourth-order valence-electron chi connectivity index (χ4n) is 3.31. The largest absolute Gasteiger partial charge is 0.359 e. The number of likely N-dealkylation sites (N-methyl/N-ethyl adjacent to an activating group) is 1. The molecule has 4 aromatic rings. The van der Waals surface area contributed by atoms with Gasteiger partial charge < -0.3 is 9.88 Å². The molecule has 152 valence electrons. The number of aromatic nitrogens is 5. The average Bonchev–Trinajstić information content (AvgIpc) is 3.16. The molecule has 30 heavy (non-hydrogen) atoms. The first-order valence-corrected chi connectivity index (χ1v) is 10.6. The van der Waals surface area contributed by atoms with Gasteiger partial charge in [0.15, 0.2) is 11.4 Å². The normalized spacial score (nSPS) is 11.0. The first-order valence-electron chi connectivity index (χ1n) is 9.76. The Hall–Kier alpha value is -3.26. The van der Waals surface area contributed by atoms with Crippen molar-refractivity contribution in [3.63, 3.8) is 0 Å². The molecule has 0 bridgehead atoms. The Bertz CT molecular complexity index is 1150. The number of aryl methyl sites for hydroxylation is 1. The second kappa shape index (κ2) is 9.04. The van der Waals surface area contributed by atoms with Gasteiger partial charge in [-0.2, -0.15) is 0 Å². The quantitative estimate of drug-likeness (QED) is 0.342. The molecule has 0 radical (unpaired) electrons. The highest BCUT2D eigenvalue weighted by atomic mass is 32.2. The third-order valence-corrected chi connectivity index (χ3v) is 5.68. The number of pyridine rings is 2. The average molecular weight is 419 g/mol. The molecule has 0 unspecified atom stereocenters. The highest BCUT2D eigenvalue weighted by Gasteiger charge is 2.20. The summed E-state index contributed by atoms with van der Waals surface area (Å²) in [5.41, 5.74) is 3.19. The Kier molecular flexibility index (Phi) is 6.04. The lowest BCUT2D eigenvalue weighted by molar-refractivity contribution is 0.112. The van der Waals surface area contributed by atoms with Crippen molar-refractivity contribution >= 4 is 34.9 Å². The number of aldehydes is 1. The molecule has 0 amide bonds. The lowest BCUT2D eigenvalue weighted by Crippen LogP contribution is -2.22. The lowest BCUT2D eigenvalue weighted by Gasteiger charge is -2.19. The van der Waals surface area contributed by atoms with E-state index < -0.39 is 0 Å². The number of H-pyrrole nitrogens is 1. The van der Waals surface area contributed by atoms with Crippen LogP contribution in [-0.2, 0) is 12.8 Å². The van der Waals surface area contributed by atoms with Crippen LogP contribution in [0.5, 0.6) is 0 Å². The summed E-state index contributed by atoms with van der Waals surface area (Å²) >= 11 is 1.45. The van der Waals surface area contributed by atoms with Crippen LogP contribution < -0.4 is 4.90 Å². The van der Waals surface area contributed by atoms with E-state index >= 15 is 0 Å². The van der Waals surface area contributed by atoms with Crippen molar-refractivity contribution in [3.8, 4) is 0 Å². The molecule has 4 aromatic heterocycles. The standard InChI is InChI=1S/C22H22N6OS/c1-3-18-17(14-29)19-20(25-18)26-22(30-16-8-6-10-23-13-16)27-21(19)28(2)12-9-15-7-4-5-11-24-15/h4-8,10-11,13-14H,3,9,12H2,1-2H3,(H,25,26,27). The number of carbonyl (C=O) groups excluding carboxylic acids is 1. The minimum Gasteiger partial charge on any atom is -0.359 e. The van der Waals surface area contributed by atoms with Crippen LogP contribution in [-0.4, -0.2) is 44.8 Å². The van der Waals surface area contributed by atoms with Crippen molar-refractivity contribution in [1.82, 2.24) is 24.9 Å². The lowest BCUT2D eigenvalue weighted by atomic mass is 10.1. The van der Waals surface area contributed by atoms with Gasteiger partial charge in [0.05, 0.1) is 5.39 Å². The first kappa shape index (κ1) is 20.0. The zero-order valence-electron chi connectivity index (χ0n) is 16.9. The van der Waals surface area contributed by atoms with Crippen molar-refractivity contribution in [2.24, 2.45) is 0 Å². The molecule has 0 aromatic carbocycles. The minimum atomic E-state index is 0.608. The van der Waals surface area contributed by atoms with Crippen molar-refractivity contribution in [2.45, 2.75) is 29.8 Å². The topological polar surface area (TPSA) is 87.7 Å². The van der Waals surface area contributed by atoms with Gasteiger partial charge in [-0.3, -0.25) is 14.8 Å². The van der Waals surface area contributed by atoms with Gasteiger partial charge in [-0.25, -0.2) is 9.97 Å². The Morgan fingerprint density at radius 3 is 2.77 bits per heavy atom. The van der Waals surface area contributed by atoms with Crippen LogP contribution in [0.3, 0.4) is 0 Å². The van der Waals surface area contributed by atoms with E-state index in [1.54, 1.807) is 18.6 Å². The number of aromatic amines is 1. The van der Waals surface area contributed by atoms with Crippen LogP contribution in [0.25, 0.3) is 11.0 Å².